The number of anilines is 1. The summed E-state index contributed by atoms with van der Waals surface area (Å²) in [5, 5.41) is 15.7. The van der Waals surface area contributed by atoms with Gasteiger partial charge in [-0.1, -0.05) is 15.9 Å². The molecule has 0 aliphatic carbocycles. The molecule has 3 N–H and O–H groups in total. The van der Waals surface area contributed by atoms with Crippen molar-refractivity contribution in [1.29, 1.82) is 0 Å². The molecule has 1 heterocycles. The van der Waals surface area contributed by atoms with Crippen LogP contribution >= 0.6 is 15.9 Å². The van der Waals surface area contributed by atoms with E-state index in [9.17, 15) is 9.90 Å². The minimum atomic E-state index is -0.0444. The molecule has 1 amide bonds. The Bertz CT molecular complexity index is 431. The number of aromatic hydroxyl groups is 1. The van der Waals surface area contributed by atoms with Gasteiger partial charge in [0.1, 0.15) is 5.75 Å². The Kier molecular flexibility index (Phi) is 4.60. The maximum Gasteiger partial charge on any atom is 0.224 e. The van der Waals surface area contributed by atoms with Crippen LogP contribution in [0.4, 0.5) is 5.69 Å². The largest absolute Gasteiger partial charge is 0.506 e. The topological polar surface area (TPSA) is 61.4 Å². The van der Waals surface area contributed by atoms with E-state index < -0.39 is 0 Å². The molecule has 0 aromatic heterocycles. The van der Waals surface area contributed by atoms with E-state index in [1.165, 1.54) is 0 Å². The number of nitrogens with one attached hydrogen (secondary N) is 2. The number of rotatable bonds is 3. The molecule has 0 saturated carbocycles. The Hall–Kier alpha value is -1.07. The zero-order valence-corrected chi connectivity index (χ0v) is 11.7. The summed E-state index contributed by atoms with van der Waals surface area (Å²) in [5.74, 6) is 0.443. The van der Waals surface area contributed by atoms with E-state index >= 15 is 0 Å². The summed E-state index contributed by atoms with van der Waals surface area (Å²) in [4.78, 5) is 11.9. The van der Waals surface area contributed by atoms with E-state index in [2.05, 4.69) is 26.6 Å². The SMILES string of the molecule is O=C(CC1CCCNC1)Nc1cc(Br)ccc1O. The van der Waals surface area contributed by atoms with Gasteiger partial charge in [0.25, 0.3) is 0 Å². The second kappa shape index (κ2) is 6.20. The average molecular weight is 313 g/mol. The standard InChI is InChI=1S/C13H17BrN2O2/c14-10-3-4-12(17)11(7-10)16-13(18)6-9-2-1-5-15-8-9/h3-4,7,9,15,17H,1-2,5-6,8H2,(H,16,18). The summed E-state index contributed by atoms with van der Waals surface area (Å²) in [5.41, 5.74) is 0.457. The van der Waals surface area contributed by atoms with Gasteiger partial charge in [0.15, 0.2) is 0 Å². The van der Waals surface area contributed by atoms with Crippen LogP contribution in [0, 0.1) is 5.92 Å². The molecule has 5 heteroatoms. The van der Waals surface area contributed by atoms with E-state index in [0.717, 1.165) is 30.4 Å². The normalized spacial score (nSPS) is 19.5. The van der Waals surface area contributed by atoms with Crippen molar-refractivity contribution in [3.63, 3.8) is 0 Å². The molecular formula is C13H17BrN2O2. The molecule has 4 nitrogen and oxygen atoms in total. The summed E-state index contributed by atoms with van der Waals surface area (Å²) in [6.07, 6.45) is 2.71. The van der Waals surface area contributed by atoms with Crippen molar-refractivity contribution in [1.82, 2.24) is 5.32 Å². The molecule has 1 unspecified atom stereocenters. The third kappa shape index (κ3) is 3.71. The number of amides is 1. The molecule has 1 aliphatic heterocycles. The lowest BCUT2D eigenvalue weighted by atomic mass is 9.96. The van der Waals surface area contributed by atoms with Gasteiger partial charge in [0, 0.05) is 10.9 Å². The summed E-state index contributed by atoms with van der Waals surface area (Å²) in [6.45, 7) is 1.95. The summed E-state index contributed by atoms with van der Waals surface area (Å²) in [7, 11) is 0. The number of carbonyl (C=O) groups excluding carboxylic acids is 1. The summed E-state index contributed by atoms with van der Waals surface area (Å²) < 4.78 is 0.829. The highest BCUT2D eigenvalue weighted by atomic mass is 79.9. The smallest absolute Gasteiger partial charge is 0.224 e. The number of phenolic OH excluding ortho intramolecular Hbond substituents is 1. The quantitative estimate of drug-likeness (QED) is 0.751. The molecule has 0 spiro atoms. The van der Waals surface area contributed by atoms with E-state index in [1.54, 1.807) is 18.2 Å². The molecule has 1 atom stereocenters. The Labute approximate surface area is 115 Å². The number of piperidine rings is 1. The van der Waals surface area contributed by atoms with Crippen LogP contribution in [0.2, 0.25) is 0 Å². The van der Waals surface area contributed by atoms with Crippen LogP contribution < -0.4 is 10.6 Å². The molecule has 1 aromatic rings. The lowest BCUT2D eigenvalue weighted by Gasteiger charge is -2.22. The zero-order valence-electron chi connectivity index (χ0n) is 10.1. The van der Waals surface area contributed by atoms with E-state index in [0.29, 0.717) is 18.0 Å². The van der Waals surface area contributed by atoms with Gasteiger partial charge in [-0.15, -0.1) is 0 Å². The van der Waals surface area contributed by atoms with Gasteiger partial charge in [-0.05, 0) is 50.0 Å². The minimum absolute atomic E-state index is 0.0444. The molecule has 98 valence electrons. The zero-order chi connectivity index (χ0) is 13.0. The van der Waals surface area contributed by atoms with Crippen LogP contribution in [0.25, 0.3) is 0 Å². The molecule has 1 saturated heterocycles. The van der Waals surface area contributed by atoms with Crippen LogP contribution in [0.3, 0.4) is 0 Å². The Morgan fingerprint density at radius 1 is 1.56 bits per heavy atom. The minimum Gasteiger partial charge on any atom is -0.506 e. The Balaban J connectivity index is 1.92. The van der Waals surface area contributed by atoms with E-state index in [-0.39, 0.29) is 11.7 Å². The van der Waals surface area contributed by atoms with Crippen LogP contribution in [-0.2, 0) is 4.79 Å². The Morgan fingerprint density at radius 2 is 2.39 bits per heavy atom. The Morgan fingerprint density at radius 3 is 3.11 bits per heavy atom. The maximum atomic E-state index is 11.9. The fourth-order valence-corrected chi connectivity index (χ4v) is 2.53. The second-order valence-electron chi connectivity index (χ2n) is 4.63. The summed E-state index contributed by atoms with van der Waals surface area (Å²) >= 11 is 3.31. The van der Waals surface area contributed by atoms with Crippen molar-refractivity contribution in [3.05, 3.63) is 22.7 Å². The molecule has 0 bridgehead atoms. The lowest BCUT2D eigenvalue weighted by Crippen LogP contribution is -2.32. The number of hydrogen-bond acceptors (Lipinski definition) is 3. The van der Waals surface area contributed by atoms with Gasteiger partial charge < -0.3 is 15.7 Å². The molecule has 1 fully saturated rings. The number of halogens is 1. The predicted octanol–water partition coefficient (Wildman–Crippen LogP) is 2.48. The van der Waals surface area contributed by atoms with Crippen molar-refractivity contribution in [2.75, 3.05) is 18.4 Å². The van der Waals surface area contributed by atoms with Crippen molar-refractivity contribution in [2.45, 2.75) is 19.3 Å². The van der Waals surface area contributed by atoms with Gasteiger partial charge in [0.05, 0.1) is 5.69 Å². The van der Waals surface area contributed by atoms with Crippen molar-refractivity contribution >= 4 is 27.5 Å². The average Bonchev–Trinajstić information content (AvgIpc) is 2.35. The van der Waals surface area contributed by atoms with Gasteiger partial charge in [-0.2, -0.15) is 0 Å². The molecule has 1 aliphatic rings. The number of carbonyl (C=O) groups is 1. The molecular weight excluding hydrogens is 296 g/mol. The molecule has 18 heavy (non-hydrogen) atoms. The van der Waals surface area contributed by atoms with E-state index in [1.807, 2.05) is 0 Å². The predicted molar refractivity (Wildman–Crippen MR) is 74.6 cm³/mol. The van der Waals surface area contributed by atoms with Crippen LogP contribution in [0.1, 0.15) is 19.3 Å². The van der Waals surface area contributed by atoms with Crippen molar-refractivity contribution in [2.24, 2.45) is 5.92 Å². The van der Waals surface area contributed by atoms with Gasteiger partial charge >= 0.3 is 0 Å². The highest BCUT2D eigenvalue weighted by Crippen LogP contribution is 2.27. The second-order valence-corrected chi connectivity index (χ2v) is 5.54. The fourth-order valence-electron chi connectivity index (χ4n) is 2.17. The van der Waals surface area contributed by atoms with Crippen molar-refractivity contribution < 1.29 is 9.90 Å². The number of hydrogen-bond donors (Lipinski definition) is 3. The van der Waals surface area contributed by atoms with Crippen LogP contribution in [-0.4, -0.2) is 24.1 Å². The number of benzene rings is 1. The van der Waals surface area contributed by atoms with Crippen LogP contribution in [0.15, 0.2) is 22.7 Å². The highest BCUT2D eigenvalue weighted by molar-refractivity contribution is 9.10. The van der Waals surface area contributed by atoms with Gasteiger partial charge in [-0.25, -0.2) is 0 Å². The van der Waals surface area contributed by atoms with Gasteiger partial charge in [-0.3, -0.25) is 4.79 Å². The molecule has 1 aromatic carbocycles. The first-order valence-corrected chi connectivity index (χ1v) is 6.93. The first-order valence-electron chi connectivity index (χ1n) is 6.14. The first kappa shape index (κ1) is 13.4. The van der Waals surface area contributed by atoms with E-state index in [4.69, 9.17) is 0 Å². The molecule has 2 rings (SSSR count). The third-order valence-corrected chi connectivity index (χ3v) is 3.60. The monoisotopic (exact) mass is 312 g/mol. The lowest BCUT2D eigenvalue weighted by molar-refractivity contribution is -0.117. The first-order chi connectivity index (χ1) is 8.65. The highest BCUT2D eigenvalue weighted by Gasteiger charge is 2.17. The summed E-state index contributed by atoms with van der Waals surface area (Å²) in [6, 6.07) is 4.99. The third-order valence-electron chi connectivity index (χ3n) is 3.11. The maximum absolute atomic E-state index is 11.9. The van der Waals surface area contributed by atoms with Crippen molar-refractivity contribution in [3.8, 4) is 5.75 Å². The number of phenols is 1. The van der Waals surface area contributed by atoms with Crippen LogP contribution in [0.5, 0.6) is 5.75 Å². The molecule has 0 radical (unpaired) electrons. The fraction of sp³-hybridized carbons (Fsp3) is 0.462. The van der Waals surface area contributed by atoms with Gasteiger partial charge in [0.2, 0.25) is 5.91 Å².